The number of carbonyl (C=O) groups is 3. The number of hydrogen-bond acceptors (Lipinski definition) is 3. The topological polar surface area (TPSA) is 81.8 Å². The highest BCUT2D eigenvalue weighted by Crippen LogP contribution is 2.38. The summed E-state index contributed by atoms with van der Waals surface area (Å²) < 4.78 is 39.8. The maximum absolute atomic E-state index is 13.6. The summed E-state index contributed by atoms with van der Waals surface area (Å²) in [7, 11) is 1.79. The molecule has 188 valence electrons. The first-order valence-corrected chi connectivity index (χ1v) is 11.3. The average molecular weight is 511 g/mol. The first-order valence-electron chi connectivity index (χ1n) is 10.9. The number of nitrogens with one attached hydrogen (secondary N) is 2. The van der Waals surface area contributed by atoms with E-state index in [1.54, 1.807) is 36.2 Å². The number of nitrogens with zero attached hydrogens (tertiary/aromatic N) is 2. The van der Waals surface area contributed by atoms with Crippen LogP contribution in [-0.4, -0.2) is 54.8 Å². The zero-order chi connectivity index (χ0) is 25.8. The highest BCUT2D eigenvalue weighted by Gasteiger charge is 2.47. The molecular formula is C24H26ClF3N4O3. The molecule has 2 fully saturated rings. The standard InChI is InChI=1S/C19H16ClF3N2O2.C5H10N2O/c20-16-7-2-1-6-15(16)17(18(27)24-13-9-19(22,23)10-13)25(11-26)14-5-3-4-12(21)8-14;1-4-3-7(2)5(8)6-4/h1-8,11,13,17H,9-10H2,(H,24,27);4H,3H2,1-2H3,(H,6,8)/t;4-/m.1/s1. The van der Waals surface area contributed by atoms with E-state index in [1.807, 2.05) is 6.92 Å². The molecule has 2 aliphatic rings. The average Bonchev–Trinajstić information content (AvgIpc) is 3.06. The minimum Gasteiger partial charge on any atom is -0.351 e. The fourth-order valence-electron chi connectivity index (χ4n) is 3.93. The summed E-state index contributed by atoms with van der Waals surface area (Å²) in [4.78, 5) is 37.9. The molecule has 1 saturated carbocycles. The van der Waals surface area contributed by atoms with Gasteiger partial charge < -0.3 is 15.5 Å². The number of carbonyl (C=O) groups excluding carboxylic acids is 3. The van der Waals surface area contributed by atoms with Crippen molar-refractivity contribution in [3.8, 4) is 0 Å². The molecule has 7 nitrogen and oxygen atoms in total. The van der Waals surface area contributed by atoms with Crippen LogP contribution in [0.1, 0.15) is 31.4 Å². The van der Waals surface area contributed by atoms with Crippen LogP contribution in [0.4, 0.5) is 23.7 Å². The predicted molar refractivity (Wildman–Crippen MR) is 126 cm³/mol. The summed E-state index contributed by atoms with van der Waals surface area (Å²) in [5, 5.41) is 5.50. The zero-order valence-corrected chi connectivity index (χ0v) is 19.9. The Balaban J connectivity index is 0.000000363. The second-order valence-corrected chi connectivity index (χ2v) is 9.02. The summed E-state index contributed by atoms with van der Waals surface area (Å²) in [5.74, 6) is -4.05. The molecule has 1 unspecified atom stereocenters. The molecule has 1 saturated heterocycles. The summed E-state index contributed by atoms with van der Waals surface area (Å²) in [6.45, 7) is 2.82. The van der Waals surface area contributed by atoms with Gasteiger partial charge >= 0.3 is 6.03 Å². The fourth-order valence-corrected chi connectivity index (χ4v) is 4.16. The van der Waals surface area contributed by atoms with Gasteiger partial charge in [0.15, 0.2) is 0 Å². The van der Waals surface area contributed by atoms with E-state index in [0.29, 0.717) is 18.0 Å². The van der Waals surface area contributed by atoms with Crippen LogP contribution in [0.3, 0.4) is 0 Å². The number of amides is 4. The number of halogens is 4. The lowest BCUT2D eigenvalue weighted by atomic mass is 9.87. The maximum Gasteiger partial charge on any atom is 0.317 e. The first kappa shape index (κ1) is 26.3. The lowest BCUT2D eigenvalue weighted by Gasteiger charge is -2.37. The minimum absolute atomic E-state index is 0.0394. The van der Waals surface area contributed by atoms with Gasteiger partial charge in [-0.1, -0.05) is 35.9 Å². The van der Waals surface area contributed by atoms with Crippen LogP contribution in [0.5, 0.6) is 0 Å². The summed E-state index contributed by atoms with van der Waals surface area (Å²) in [6.07, 6.45) is -0.540. The van der Waals surface area contributed by atoms with Crippen LogP contribution in [0.15, 0.2) is 48.5 Å². The summed E-state index contributed by atoms with van der Waals surface area (Å²) >= 11 is 6.20. The van der Waals surface area contributed by atoms with Crippen molar-refractivity contribution in [3.63, 3.8) is 0 Å². The van der Waals surface area contributed by atoms with E-state index in [-0.39, 0.29) is 16.7 Å². The molecule has 0 bridgehead atoms. The van der Waals surface area contributed by atoms with Crippen molar-refractivity contribution in [2.75, 3.05) is 18.5 Å². The van der Waals surface area contributed by atoms with Crippen LogP contribution < -0.4 is 15.5 Å². The number of likely N-dealkylation sites (N-methyl/N-ethyl adjacent to an activating group) is 1. The van der Waals surface area contributed by atoms with Gasteiger partial charge in [-0.2, -0.15) is 0 Å². The Hall–Kier alpha value is -3.27. The van der Waals surface area contributed by atoms with Crippen molar-refractivity contribution < 1.29 is 27.6 Å². The molecule has 4 amide bonds. The molecule has 0 spiro atoms. The molecule has 2 aromatic rings. The Morgan fingerprint density at radius 2 is 1.94 bits per heavy atom. The van der Waals surface area contributed by atoms with E-state index < -0.39 is 42.6 Å². The number of anilines is 1. The Bertz CT molecular complexity index is 1080. The summed E-state index contributed by atoms with van der Waals surface area (Å²) in [6, 6.07) is 9.99. The highest BCUT2D eigenvalue weighted by atomic mass is 35.5. The molecule has 35 heavy (non-hydrogen) atoms. The highest BCUT2D eigenvalue weighted by molar-refractivity contribution is 6.31. The predicted octanol–water partition coefficient (Wildman–Crippen LogP) is 4.13. The van der Waals surface area contributed by atoms with Gasteiger partial charge in [0.1, 0.15) is 11.9 Å². The lowest BCUT2D eigenvalue weighted by molar-refractivity contribution is -0.131. The van der Waals surface area contributed by atoms with E-state index in [2.05, 4.69) is 10.6 Å². The van der Waals surface area contributed by atoms with Crippen LogP contribution in [0.2, 0.25) is 5.02 Å². The molecular weight excluding hydrogens is 485 g/mol. The van der Waals surface area contributed by atoms with Crippen LogP contribution in [0.25, 0.3) is 0 Å². The molecule has 1 aliphatic carbocycles. The molecule has 11 heteroatoms. The zero-order valence-electron chi connectivity index (χ0n) is 19.2. The van der Waals surface area contributed by atoms with Gasteiger partial charge in [-0.15, -0.1) is 0 Å². The molecule has 2 atom stereocenters. The monoisotopic (exact) mass is 510 g/mol. The molecule has 0 radical (unpaired) electrons. The van der Waals surface area contributed by atoms with Gasteiger partial charge in [-0.25, -0.2) is 18.0 Å². The van der Waals surface area contributed by atoms with Crippen molar-refractivity contribution >= 4 is 35.6 Å². The van der Waals surface area contributed by atoms with E-state index in [4.69, 9.17) is 11.6 Å². The SMILES string of the molecule is C[C@@H]1CN(C)C(=O)N1.O=CN(c1cccc(F)c1)C(C(=O)NC1CC(F)(F)C1)c1ccccc1Cl. The van der Waals surface area contributed by atoms with Gasteiger partial charge in [-0.3, -0.25) is 14.5 Å². The second kappa shape index (κ2) is 11.0. The Kier molecular flexibility index (Phi) is 8.26. The Morgan fingerprint density at radius 1 is 1.26 bits per heavy atom. The van der Waals surface area contributed by atoms with Crippen LogP contribution in [-0.2, 0) is 9.59 Å². The molecule has 4 rings (SSSR count). The minimum atomic E-state index is -2.80. The van der Waals surface area contributed by atoms with Gasteiger partial charge in [-0.05, 0) is 31.2 Å². The molecule has 2 N–H and O–H groups in total. The number of hydrogen-bond donors (Lipinski definition) is 2. The van der Waals surface area contributed by atoms with Crippen molar-refractivity contribution in [3.05, 3.63) is 64.9 Å². The van der Waals surface area contributed by atoms with Crippen molar-refractivity contribution in [2.45, 2.75) is 43.8 Å². The van der Waals surface area contributed by atoms with Gasteiger partial charge in [0.05, 0.1) is 0 Å². The Labute approximate surface area is 206 Å². The second-order valence-electron chi connectivity index (χ2n) is 8.62. The van der Waals surface area contributed by atoms with Crippen LogP contribution >= 0.6 is 11.6 Å². The number of alkyl halides is 2. The third-order valence-electron chi connectivity index (χ3n) is 5.65. The molecule has 2 aromatic carbocycles. The van der Waals surface area contributed by atoms with Crippen molar-refractivity contribution in [2.24, 2.45) is 0 Å². The Morgan fingerprint density at radius 3 is 2.43 bits per heavy atom. The molecule has 0 aromatic heterocycles. The van der Waals surface area contributed by atoms with Gasteiger partial charge in [0.25, 0.3) is 5.92 Å². The smallest absolute Gasteiger partial charge is 0.317 e. The van der Waals surface area contributed by atoms with E-state index in [0.717, 1.165) is 17.5 Å². The summed E-state index contributed by atoms with van der Waals surface area (Å²) in [5.41, 5.74) is 0.447. The third kappa shape index (κ3) is 6.66. The van der Waals surface area contributed by atoms with E-state index >= 15 is 0 Å². The maximum atomic E-state index is 13.6. The normalized spacial score (nSPS) is 19.5. The van der Waals surface area contributed by atoms with Crippen molar-refractivity contribution in [1.29, 1.82) is 0 Å². The number of rotatable bonds is 6. The number of urea groups is 1. The third-order valence-corrected chi connectivity index (χ3v) is 5.99. The largest absolute Gasteiger partial charge is 0.351 e. The van der Waals surface area contributed by atoms with Gasteiger partial charge in [0, 0.05) is 54.8 Å². The molecule has 1 heterocycles. The van der Waals surface area contributed by atoms with E-state index in [9.17, 15) is 27.6 Å². The fraction of sp³-hybridized carbons (Fsp3) is 0.375. The van der Waals surface area contributed by atoms with Crippen molar-refractivity contribution in [1.82, 2.24) is 15.5 Å². The quantitative estimate of drug-likeness (QED) is 0.573. The van der Waals surface area contributed by atoms with Gasteiger partial charge in [0.2, 0.25) is 12.3 Å². The first-order chi connectivity index (χ1) is 16.5. The lowest BCUT2D eigenvalue weighted by Crippen LogP contribution is -2.53. The number of benzene rings is 2. The van der Waals surface area contributed by atoms with Crippen LogP contribution in [0, 0.1) is 5.82 Å². The van der Waals surface area contributed by atoms with E-state index in [1.165, 1.54) is 18.2 Å². The molecule has 1 aliphatic heterocycles.